The third-order valence-electron chi connectivity index (χ3n) is 4.00. The van der Waals surface area contributed by atoms with Gasteiger partial charge in [-0.3, -0.25) is 4.79 Å². The number of anilines is 1. The smallest absolute Gasteiger partial charge is 0.256 e. The summed E-state index contributed by atoms with van der Waals surface area (Å²) in [6, 6.07) is 15.4. The Morgan fingerprint density at radius 2 is 1.93 bits per heavy atom. The van der Waals surface area contributed by atoms with Gasteiger partial charge in [0.2, 0.25) is 0 Å². The van der Waals surface area contributed by atoms with E-state index in [1.807, 2.05) is 60.8 Å². The molecule has 2 heterocycles. The lowest BCUT2D eigenvalue weighted by Crippen LogP contribution is -2.12. The first-order chi connectivity index (χ1) is 13.7. The molecule has 4 nitrogen and oxygen atoms in total. The first kappa shape index (κ1) is 18.9. The standard InChI is InChI=1S/C21H17N3OS3/c1-14-23-17(12-27-14)13-28-19-5-3-2-4-18(19)20(25)24-16-8-6-15(7-9-16)21-22-10-11-26-21/h2-12H,13H2,1H3,(H,24,25). The Balaban J connectivity index is 1.46. The van der Waals surface area contributed by atoms with Crippen molar-refractivity contribution in [3.05, 3.63) is 81.8 Å². The molecule has 0 spiro atoms. The van der Waals surface area contributed by atoms with Crippen LogP contribution in [-0.2, 0) is 5.75 Å². The van der Waals surface area contributed by atoms with Crippen LogP contribution in [0.4, 0.5) is 5.69 Å². The molecule has 0 bridgehead atoms. The Bertz CT molecular complexity index is 1070. The van der Waals surface area contributed by atoms with E-state index in [2.05, 4.69) is 20.7 Å². The van der Waals surface area contributed by atoms with E-state index in [1.54, 1.807) is 40.6 Å². The summed E-state index contributed by atoms with van der Waals surface area (Å²) in [7, 11) is 0. The number of thioether (sulfide) groups is 1. The predicted molar refractivity (Wildman–Crippen MR) is 118 cm³/mol. The van der Waals surface area contributed by atoms with E-state index in [1.165, 1.54) is 0 Å². The van der Waals surface area contributed by atoms with Crippen LogP contribution in [0, 0.1) is 6.92 Å². The predicted octanol–water partition coefficient (Wildman–Crippen LogP) is 6.12. The van der Waals surface area contributed by atoms with Gasteiger partial charge in [-0.2, -0.15) is 0 Å². The van der Waals surface area contributed by atoms with E-state index >= 15 is 0 Å². The van der Waals surface area contributed by atoms with Gasteiger partial charge in [-0.25, -0.2) is 9.97 Å². The van der Waals surface area contributed by atoms with Gasteiger partial charge in [0.05, 0.1) is 16.3 Å². The number of thiazole rings is 2. The van der Waals surface area contributed by atoms with Crippen LogP contribution in [0.5, 0.6) is 0 Å². The van der Waals surface area contributed by atoms with E-state index in [4.69, 9.17) is 0 Å². The summed E-state index contributed by atoms with van der Waals surface area (Å²) >= 11 is 4.87. The fourth-order valence-electron chi connectivity index (χ4n) is 2.67. The van der Waals surface area contributed by atoms with Crippen molar-refractivity contribution < 1.29 is 4.79 Å². The summed E-state index contributed by atoms with van der Waals surface area (Å²) < 4.78 is 0. The van der Waals surface area contributed by atoms with Gasteiger partial charge < -0.3 is 5.32 Å². The summed E-state index contributed by atoms with van der Waals surface area (Å²) in [6.45, 7) is 2.00. The van der Waals surface area contributed by atoms with Crippen molar-refractivity contribution in [2.45, 2.75) is 17.6 Å². The minimum Gasteiger partial charge on any atom is -0.322 e. The molecule has 1 N–H and O–H groups in total. The lowest BCUT2D eigenvalue weighted by Gasteiger charge is -2.10. The summed E-state index contributed by atoms with van der Waals surface area (Å²) in [5, 5.41) is 9.03. The maximum absolute atomic E-state index is 12.8. The first-order valence-electron chi connectivity index (χ1n) is 8.63. The highest BCUT2D eigenvalue weighted by atomic mass is 32.2. The Labute approximate surface area is 175 Å². The molecule has 4 rings (SSSR count). The molecule has 4 aromatic rings. The average Bonchev–Trinajstić information content (AvgIpc) is 3.39. The van der Waals surface area contributed by atoms with Crippen molar-refractivity contribution >= 4 is 46.0 Å². The van der Waals surface area contributed by atoms with Crippen molar-refractivity contribution in [2.24, 2.45) is 0 Å². The van der Waals surface area contributed by atoms with E-state index in [9.17, 15) is 4.79 Å². The second kappa shape index (κ2) is 8.68. The SMILES string of the molecule is Cc1nc(CSc2ccccc2C(=O)Nc2ccc(-c3nccs3)cc2)cs1. The quantitative estimate of drug-likeness (QED) is 0.380. The van der Waals surface area contributed by atoms with Crippen LogP contribution in [0.25, 0.3) is 10.6 Å². The van der Waals surface area contributed by atoms with Crippen LogP contribution in [-0.4, -0.2) is 15.9 Å². The van der Waals surface area contributed by atoms with E-state index in [0.29, 0.717) is 5.56 Å². The molecule has 140 valence electrons. The number of aryl methyl sites for hydroxylation is 1. The molecule has 0 aliphatic heterocycles. The summed E-state index contributed by atoms with van der Waals surface area (Å²) in [4.78, 5) is 22.6. The van der Waals surface area contributed by atoms with Crippen LogP contribution in [0.2, 0.25) is 0 Å². The van der Waals surface area contributed by atoms with Crippen molar-refractivity contribution in [3.8, 4) is 10.6 Å². The molecule has 0 unspecified atom stereocenters. The van der Waals surface area contributed by atoms with Crippen LogP contribution in [0.1, 0.15) is 21.1 Å². The lowest BCUT2D eigenvalue weighted by atomic mass is 10.2. The zero-order valence-electron chi connectivity index (χ0n) is 15.1. The highest BCUT2D eigenvalue weighted by Crippen LogP contribution is 2.28. The fourth-order valence-corrected chi connectivity index (χ4v) is 4.97. The van der Waals surface area contributed by atoms with Crippen LogP contribution < -0.4 is 5.32 Å². The fraction of sp³-hybridized carbons (Fsp3) is 0.0952. The molecular weight excluding hydrogens is 406 g/mol. The zero-order chi connectivity index (χ0) is 19.3. The minimum absolute atomic E-state index is 0.112. The van der Waals surface area contributed by atoms with E-state index in [0.717, 1.165) is 37.6 Å². The largest absolute Gasteiger partial charge is 0.322 e. The number of nitrogens with zero attached hydrogens (tertiary/aromatic N) is 2. The van der Waals surface area contributed by atoms with Crippen LogP contribution in [0.3, 0.4) is 0 Å². The number of benzene rings is 2. The molecule has 2 aromatic heterocycles. The Kier molecular flexibility index (Phi) is 5.85. The van der Waals surface area contributed by atoms with E-state index in [-0.39, 0.29) is 5.91 Å². The second-order valence-electron chi connectivity index (χ2n) is 6.01. The van der Waals surface area contributed by atoms with Crippen molar-refractivity contribution in [3.63, 3.8) is 0 Å². The number of nitrogens with one attached hydrogen (secondary N) is 1. The van der Waals surface area contributed by atoms with Gasteiger partial charge in [-0.1, -0.05) is 12.1 Å². The highest BCUT2D eigenvalue weighted by molar-refractivity contribution is 7.98. The number of hydrogen-bond acceptors (Lipinski definition) is 6. The molecule has 7 heteroatoms. The third kappa shape index (κ3) is 4.49. The number of carbonyl (C=O) groups excluding carboxylic acids is 1. The van der Waals surface area contributed by atoms with Crippen molar-refractivity contribution in [2.75, 3.05) is 5.32 Å². The van der Waals surface area contributed by atoms with Crippen LogP contribution >= 0.6 is 34.4 Å². The van der Waals surface area contributed by atoms with Crippen LogP contribution in [0.15, 0.2) is 70.4 Å². The van der Waals surface area contributed by atoms with Gasteiger partial charge >= 0.3 is 0 Å². The molecule has 1 amide bonds. The summed E-state index contributed by atoms with van der Waals surface area (Å²) in [6.07, 6.45) is 1.79. The van der Waals surface area contributed by atoms with Gasteiger partial charge in [-0.05, 0) is 43.3 Å². The maximum atomic E-state index is 12.8. The zero-order valence-corrected chi connectivity index (χ0v) is 17.5. The summed E-state index contributed by atoms with van der Waals surface area (Å²) in [5.74, 6) is 0.636. The Morgan fingerprint density at radius 1 is 1.11 bits per heavy atom. The molecule has 0 aliphatic rings. The molecule has 0 aliphatic carbocycles. The Hall–Kier alpha value is -2.48. The maximum Gasteiger partial charge on any atom is 0.256 e. The molecule has 0 saturated carbocycles. The number of rotatable bonds is 6. The van der Waals surface area contributed by atoms with E-state index < -0.39 is 0 Å². The number of carbonyl (C=O) groups is 1. The highest BCUT2D eigenvalue weighted by Gasteiger charge is 2.12. The third-order valence-corrected chi connectivity index (χ3v) is 6.75. The molecule has 28 heavy (non-hydrogen) atoms. The van der Waals surface area contributed by atoms with Gasteiger partial charge in [-0.15, -0.1) is 34.4 Å². The molecule has 0 saturated heterocycles. The van der Waals surface area contributed by atoms with Crippen molar-refractivity contribution in [1.82, 2.24) is 9.97 Å². The number of aromatic nitrogens is 2. The van der Waals surface area contributed by atoms with Gasteiger partial charge in [0, 0.05) is 38.9 Å². The average molecular weight is 424 g/mol. The summed E-state index contributed by atoms with van der Waals surface area (Å²) in [5.41, 5.74) is 3.52. The van der Waals surface area contributed by atoms with Gasteiger partial charge in [0.1, 0.15) is 5.01 Å². The second-order valence-corrected chi connectivity index (χ2v) is 8.99. The number of hydrogen-bond donors (Lipinski definition) is 1. The molecule has 2 aromatic carbocycles. The monoisotopic (exact) mass is 423 g/mol. The van der Waals surface area contributed by atoms with Gasteiger partial charge in [0.25, 0.3) is 5.91 Å². The molecule has 0 atom stereocenters. The Morgan fingerprint density at radius 3 is 2.64 bits per heavy atom. The minimum atomic E-state index is -0.112. The van der Waals surface area contributed by atoms with Gasteiger partial charge in [0.15, 0.2) is 0 Å². The van der Waals surface area contributed by atoms with Crippen molar-refractivity contribution in [1.29, 1.82) is 0 Å². The first-order valence-corrected chi connectivity index (χ1v) is 11.4. The number of amides is 1. The molecule has 0 radical (unpaired) electrons. The molecule has 0 fully saturated rings. The molecular formula is C21H17N3OS3. The topological polar surface area (TPSA) is 54.9 Å². The lowest BCUT2D eigenvalue weighted by molar-refractivity contribution is 0.102. The normalized spacial score (nSPS) is 10.8.